The summed E-state index contributed by atoms with van der Waals surface area (Å²) in [4.78, 5) is 13.0. The van der Waals surface area contributed by atoms with Crippen LogP contribution in [0.25, 0.3) is 5.69 Å². The van der Waals surface area contributed by atoms with Crippen LogP contribution in [0.3, 0.4) is 0 Å². The van der Waals surface area contributed by atoms with E-state index in [1.807, 2.05) is 30.1 Å². The number of carboxylic acid groups (broad SMARTS) is 1. The van der Waals surface area contributed by atoms with Crippen molar-refractivity contribution in [2.24, 2.45) is 0 Å². The first-order chi connectivity index (χ1) is 9.56. The summed E-state index contributed by atoms with van der Waals surface area (Å²) in [5.41, 5.74) is 2.46. The molecule has 3 rings (SSSR count). The van der Waals surface area contributed by atoms with Gasteiger partial charge in [0.25, 0.3) is 0 Å². The lowest BCUT2D eigenvalue weighted by atomic mass is 10.1. The van der Waals surface area contributed by atoms with E-state index in [0.29, 0.717) is 11.3 Å². The summed E-state index contributed by atoms with van der Waals surface area (Å²) in [5.74, 6) is -0.869. The van der Waals surface area contributed by atoms with Gasteiger partial charge in [-0.15, -0.1) is 0 Å². The standard InChI is InChI=1S/C11H12N6O2S/c1-16-5-8(10(18)19)12-7-3-2-6(4-9(7)16)17-11(20)13-14-15-17/h2-4,8,12H,5H2,1H3,(H,18,19)(H,13,15,20). The summed E-state index contributed by atoms with van der Waals surface area (Å²) in [5, 5.41) is 22.1. The Morgan fingerprint density at radius 2 is 2.35 bits per heavy atom. The molecule has 0 fully saturated rings. The van der Waals surface area contributed by atoms with E-state index in [-0.39, 0.29) is 0 Å². The van der Waals surface area contributed by atoms with Gasteiger partial charge in [0, 0.05) is 13.6 Å². The van der Waals surface area contributed by atoms with Gasteiger partial charge in [-0.2, -0.15) is 5.21 Å². The normalized spacial score (nSPS) is 17.4. The Balaban J connectivity index is 2.02. The first-order valence-corrected chi connectivity index (χ1v) is 6.32. The second kappa shape index (κ2) is 4.60. The summed E-state index contributed by atoms with van der Waals surface area (Å²) in [7, 11) is 1.85. The van der Waals surface area contributed by atoms with Crippen molar-refractivity contribution in [3.05, 3.63) is 23.0 Å². The second-order valence-electron chi connectivity index (χ2n) is 4.54. The molecule has 0 amide bonds. The third-order valence-electron chi connectivity index (χ3n) is 3.21. The molecule has 0 aliphatic carbocycles. The molecule has 104 valence electrons. The Morgan fingerprint density at radius 1 is 1.55 bits per heavy atom. The van der Waals surface area contributed by atoms with Crippen LogP contribution in [0.5, 0.6) is 0 Å². The van der Waals surface area contributed by atoms with Crippen LogP contribution >= 0.6 is 12.2 Å². The zero-order valence-corrected chi connectivity index (χ0v) is 11.4. The number of benzene rings is 1. The van der Waals surface area contributed by atoms with Crippen LogP contribution in [0.2, 0.25) is 0 Å². The average molecular weight is 292 g/mol. The molecule has 1 aliphatic heterocycles. The molecule has 0 bridgehead atoms. The van der Waals surface area contributed by atoms with Crippen LogP contribution in [-0.4, -0.2) is 50.9 Å². The Hall–Kier alpha value is -2.42. The number of nitrogens with zero attached hydrogens (tertiary/aromatic N) is 4. The maximum atomic E-state index is 11.1. The molecule has 8 nitrogen and oxygen atoms in total. The van der Waals surface area contributed by atoms with Gasteiger partial charge in [0.1, 0.15) is 6.04 Å². The minimum Gasteiger partial charge on any atom is -0.480 e. The number of carboxylic acids is 1. The van der Waals surface area contributed by atoms with Crippen LogP contribution < -0.4 is 10.2 Å². The third-order valence-corrected chi connectivity index (χ3v) is 3.47. The zero-order chi connectivity index (χ0) is 14.3. The molecule has 1 atom stereocenters. The number of fused-ring (bicyclic) bond motifs is 1. The largest absolute Gasteiger partial charge is 0.480 e. The van der Waals surface area contributed by atoms with Crippen LogP contribution in [0, 0.1) is 4.77 Å². The maximum Gasteiger partial charge on any atom is 0.327 e. The van der Waals surface area contributed by atoms with Crippen molar-refractivity contribution in [3.8, 4) is 5.69 Å². The van der Waals surface area contributed by atoms with Crippen molar-refractivity contribution in [1.29, 1.82) is 0 Å². The van der Waals surface area contributed by atoms with E-state index >= 15 is 0 Å². The van der Waals surface area contributed by atoms with E-state index in [1.165, 1.54) is 0 Å². The van der Waals surface area contributed by atoms with Crippen molar-refractivity contribution in [2.45, 2.75) is 6.04 Å². The number of hydrogen-bond acceptors (Lipinski definition) is 6. The van der Waals surface area contributed by atoms with Crippen molar-refractivity contribution in [2.75, 3.05) is 23.8 Å². The number of carbonyl (C=O) groups is 1. The first kappa shape index (κ1) is 12.6. The molecule has 3 N–H and O–H groups in total. The SMILES string of the molecule is CN1CC(C(=O)O)Nc2ccc(-n3[nH]nnc3=S)cc21. The van der Waals surface area contributed by atoms with Crippen molar-refractivity contribution in [3.63, 3.8) is 0 Å². The Kier molecular flexibility index (Phi) is 2.90. The van der Waals surface area contributed by atoms with Gasteiger partial charge in [0.2, 0.25) is 4.77 Å². The fourth-order valence-electron chi connectivity index (χ4n) is 2.21. The number of rotatable bonds is 2. The van der Waals surface area contributed by atoms with Gasteiger partial charge in [-0.05, 0) is 30.4 Å². The van der Waals surface area contributed by atoms with Gasteiger partial charge in [0.05, 0.1) is 17.1 Å². The third kappa shape index (κ3) is 2.01. The van der Waals surface area contributed by atoms with Gasteiger partial charge in [-0.1, -0.05) is 10.3 Å². The van der Waals surface area contributed by atoms with Crippen LogP contribution in [0.1, 0.15) is 0 Å². The minimum absolute atomic E-state index is 0.333. The molecule has 0 radical (unpaired) electrons. The predicted octanol–water partition coefficient (Wildman–Crippen LogP) is 0.640. The highest BCUT2D eigenvalue weighted by Crippen LogP contribution is 2.31. The lowest BCUT2D eigenvalue weighted by Gasteiger charge is -2.33. The van der Waals surface area contributed by atoms with Gasteiger partial charge in [-0.25, -0.2) is 9.48 Å². The highest BCUT2D eigenvalue weighted by Gasteiger charge is 2.26. The first-order valence-electron chi connectivity index (χ1n) is 5.91. The van der Waals surface area contributed by atoms with Crippen molar-refractivity contribution in [1.82, 2.24) is 20.2 Å². The summed E-state index contributed by atoms with van der Waals surface area (Å²) in [6.07, 6.45) is 0. The van der Waals surface area contributed by atoms with Crippen LogP contribution in [0.4, 0.5) is 11.4 Å². The lowest BCUT2D eigenvalue weighted by molar-refractivity contribution is -0.137. The number of aliphatic carboxylic acids is 1. The number of aromatic amines is 1. The minimum atomic E-state index is -0.869. The van der Waals surface area contributed by atoms with E-state index in [9.17, 15) is 4.79 Å². The zero-order valence-electron chi connectivity index (χ0n) is 10.6. The summed E-state index contributed by atoms with van der Waals surface area (Å²) in [6.45, 7) is 0.387. The fourth-order valence-corrected chi connectivity index (χ4v) is 2.39. The van der Waals surface area contributed by atoms with Gasteiger partial charge >= 0.3 is 5.97 Å². The second-order valence-corrected chi connectivity index (χ2v) is 4.90. The van der Waals surface area contributed by atoms with Crippen LogP contribution in [-0.2, 0) is 4.79 Å². The molecule has 0 saturated heterocycles. The number of H-pyrrole nitrogens is 1. The summed E-state index contributed by atoms with van der Waals surface area (Å²) < 4.78 is 1.91. The van der Waals surface area contributed by atoms with E-state index in [2.05, 4.69) is 20.8 Å². The van der Waals surface area contributed by atoms with Gasteiger partial charge in [-0.3, -0.25) is 0 Å². The number of nitrogens with one attached hydrogen (secondary N) is 2. The Labute approximate surface area is 119 Å². The summed E-state index contributed by atoms with van der Waals surface area (Å²) in [6, 6.07) is 4.92. The summed E-state index contributed by atoms with van der Waals surface area (Å²) >= 11 is 5.06. The molecule has 2 heterocycles. The molecule has 2 aromatic rings. The monoisotopic (exact) mass is 292 g/mol. The fraction of sp³-hybridized carbons (Fsp3) is 0.273. The number of tetrazole rings is 1. The number of likely N-dealkylation sites (N-methyl/N-ethyl adjacent to an activating group) is 1. The number of anilines is 2. The van der Waals surface area contributed by atoms with E-state index in [4.69, 9.17) is 17.3 Å². The highest BCUT2D eigenvalue weighted by atomic mass is 32.1. The van der Waals surface area contributed by atoms with E-state index in [0.717, 1.165) is 17.1 Å². The molecule has 20 heavy (non-hydrogen) atoms. The molecule has 1 aliphatic rings. The molecule has 1 unspecified atom stereocenters. The van der Waals surface area contributed by atoms with Gasteiger partial charge in [0.15, 0.2) is 0 Å². The topological polar surface area (TPSA) is 99.1 Å². The highest BCUT2D eigenvalue weighted by molar-refractivity contribution is 7.71. The molecule has 1 aromatic carbocycles. The molecule has 1 aromatic heterocycles. The Morgan fingerprint density at radius 3 is 3.00 bits per heavy atom. The average Bonchev–Trinajstić information content (AvgIpc) is 2.84. The van der Waals surface area contributed by atoms with Gasteiger partial charge < -0.3 is 15.3 Å². The van der Waals surface area contributed by atoms with Crippen molar-refractivity contribution < 1.29 is 9.90 Å². The molecule has 9 heteroatoms. The van der Waals surface area contributed by atoms with E-state index < -0.39 is 12.0 Å². The quantitative estimate of drug-likeness (QED) is 0.698. The molecule has 0 spiro atoms. The predicted molar refractivity (Wildman–Crippen MR) is 74.9 cm³/mol. The van der Waals surface area contributed by atoms with Crippen molar-refractivity contribution >= 4 is 29.6 Å². The Bertz CT molecular complexity index is 724. The smallest absolute Gasteiger partial charge is 0.327 e. The van der Waals surface area contributed by atoms with Crippen LogP contribution in [0.15, 0.2) is 18.2 Å². The lowest BCUT2D eigenvalue weighted by Crippen LogP contribution is -2.44. The molecule has 0 saturated carbocycles. The molecular formula is C11H12N6O2S. The maximum absolute atomic E-state index is 11.1. The molecular weight excluding hydrogens is 280 g/mol. The number of aromatic nitrogens is 4. The number of hydrogen-bond donors (Lipinski definition) is 3. The van der Waals surface area contributed by atoms with E-state index in [1.54, 1.807) is 4.68 Å².